The number of hydrogen-bond acceptors (Lipinski definition) is 5. The van der Waals surface area contributed by atoms with Gasteiger partial charge in [-0.25, -0.2) is 8.42 Å². The molecule has 1 aromatic heterocycles. The highest BCUT2D eigenvalue weighted by Gasteiger charge is 2.26. The monoisotopic (exact) mass is 283 g/mol. The minimum Gasteiger partial charge on any atom is -0.207 e. The van der Waals surface area contributed by atoms with E-state index in [0.29, 0.717) is 23.5 Å². The van der Waals surface area contributed by atoms with E-state index in [4.69, 9.17) is 0 Å². The first-order valence-corrected chi connectivity index (χ1v) is 8.07. The SMILES string of the molecule is O=S(=O)(c1ccc2nsnc2c1)N1CCCCC1. The van der Waals surface area contributed by atoms with Gasteiger partial charge in [-0.05, 0) is 31.0 Å². The molecular formula is C11H13N3O2S2. The molecule has 1 aromatic carbocycles. The highest BCUT2D eigenvalue weighted by Crippen LogP contribution is 2.23. The van der Waals surface area contributed by atoms with Crippen molar-refractivity contribution in [1.82, 2.24) is 13.1 Å². The van der Waals surface area contributed by atoms with Crippen molar-refractivity contribution in [2.75, 3.05) is 13.1 Å². The summed E-state index contributed by atoms with van der Waals surface area (Å²) in [5.74, 6) is 0. The summed E-state index contributed by atoms with van der Waals surface area (Å²) in [4.78, 5) is 0.324. The topological polar surface area (TPSA) is 63.2 Å². The van der Waals surface area contributed by atoms with Gasteiger partial charge < -0.3 is 0 Å². The van der Waals surface area contributed by atoms with Gasteiger partial charge in [-0.1, -0.05) is 6.42 Å². The van der Waals surface area contributed by atoms with Crippen LogP contribution in [0, 0.1) is 0 Å². The van der Waals surface area contributed by atoms with Crippen molar-refractivity contribution in [2.24, 2.45) is 0 Å². The highest BCUT2D eigenvalue weighted by atomic mass is 32.2. The number of hydrogen-bond donors (Lipinski definition) is 0. The number of nitrogens with zero attached hydrogens (tertiary/aromatic N) is 3. The molecule has 0 N–H and O–H groups in total. The molecule has 18 heavy (non-hydrogen) atoms. The number of benzene rings is 1. The summed E-state index contributed by atoms with van der Waals surface area (Å²) in [5.41, 5.74) is 1.40. The summed E-state index contributed by atoms with van der Waals surface area (Å²) in [6, 6.07) is 4.95. The van der Waals surface area contributed by atoms with Crippen molar-refractivity contribution < 1.29 is 8.42 Å². The molecule has 5 nitrogen and oxygen atoms in total. The number of aromatic nitrogens is 2. The average Bonchev–Trinajstić information content (AvgIpc) is 2.87. The molecule has 0 aliphatic carbocycles. The van der Waals surface area contributed by atoms with Gasteiger partial charge in [0.15, 0.2) is 0 Å². The molecule has 96 valence electrons. The summed E-state index contributed by atoms with van der Waals surface area (Å²) >= 11 is 1.10. The van der Waals surface area contributed by atoms with Crippen molar-refractivity contribution in [1.29, 1.82) is 0 Å². The Morgan fingerprint density at radius 3 is 2.56 bits per heavy atom. The van der Waals surface area contributed by atoms with Gasteiger partial charge in [-0.15, -0.1) is 0 Å². The largest absolute Gasteiger partial charge is 0.243 e. The second kappa shape index (κ2) is 4.56. The summed E-state index contributed by atoms with van der Waals surface area (Å²) in [6.07, 6.45) is 3.00. The molecule has 1 aliphatic heterocycles. The molecule has 1 fully saturated rings. The lowest BCUT2D eigenvalue weighted by atomic mass is 10.2. The predicted molar refractivity (Wildman–Crippen MR) is 70.0 cm³/mol. The van der Waals surface area contributed by atoms with Crippen molar-refractivity contribution in [3.05, 3.63) is 18.2 Å². The van der Waals surface area contributed by atoms with Crippen LogP contribution in [0.5, 0.6) is 0 Å². The smallest absolute Gasteiger partial charge is 0.207 e. The summed E-state index contributed by atoms with van der Waals surface area (Å²) in [6.45, 7) is 1.24. The van der Waals surface area contributed by atoms with Crippen LogP contribution in [0.2, 0.25) is 0 Å². The molecule has 1 aliphatic rings. The standard InChI is InChI=1S/C11H13N3O2S2/c15-18(16,14-6-2-1-3-7-14)9-4-5-10-11(8-9)13-17-12-10/h4-5,8H,1-3,6-7H2. The maximum Gasteiger partial charge on any atom is 0.243 e. The first-order chi connectivity index (χ1) is 8.68. The molecule has 7 heteroatoms. The van der Waals surface area contributed by atoms with Gasteiger partial charge in [0.25, 0.3) is 0 Å². The van der Waals surface area contributed by atoms with Crippen molar-refractivity contribution in [2.45, 2.75) is 24.2 Å². The van der Waals surface area contributed by atoms with Gasteiger partial charge in [-0.3, -0.25) is 0 Å². The fourth-order valence-electron chi connectivity index (χ4n) is 2.18. The third-order valence-corrected chi connectivity index (χ3v) is 5.63. The van der Waals surface area contributed by atoms with Crippen LogP contribution >= 0.6 is 11.7 Å². The molecule has 0 amide bonds. The zero-order valence-corrected chi connectivity index (χ0v) is 11.4. The van der Waals surface area contributed by atoms with Crippen LogP contribution in [-0.2, 0) is 10.0 Å². The van der Waals surface area contributed by atoms with E-state index < -0.39 is 10.0 Å². The minimum atomic E-state index is -3.36. The van der Waals surface area contributed by atoms with E-state index in [1.807, 2.05) is 0 Å². The van der Waals surface area contributed by atoms with Crippen LogP contribution in [0.25, 0.3) is 11.0 Å². The fourth-order valence-corrected chi connectivity index (χ4v) is 4.23. The Balaban J connectivity index is 2.01. The van der Waals surface area contributed by atoms with Gasteiger partial charge in [0.1, 0.15) is 11.0 Å². The minimum absolute atomic E-state index is 0.324. The van der Waals surface area contributed by atoms with Crippen molar-refractivity contribution in [3.8, 4) is 0 Å². The van der Waals surface area contributed by atoms with Crippen LogP contribution in [0.4, 0.5) is 0 Å². The maximum atomic E-state index is 12.4. The fraction of sp³-hybridized carbons (Fsp3) is 0.455. The normalized spacial score (nSPS) is 18.2. The summed E-state index contributed by atoms with van der Waals surface area (Å²) in [5, 5.41) is 0. The number of fused-ring (bicyclic) bond motifs is 1. The Bertz CT molecular complexity index is 660. The van der Waals surface area contributed by atoms with Gasteiger partial charge in [0.05, 0.1) is 16.6 Å². The molecule has 0 bridgehead atoms. The number of piperidine rings is 1. The predicted octanol–water partition coefficient (Wildman–Crippen LogP) is 1.87. The van der Waals surface area contributed by atoms with Crippen molar-refractivity contribution >= 4 is 32.8 Å². The molecule has 3 rings (SSSR count). The Morgan fingerprint density at radius 2 is 1.78 bits per heavy atom. The Morgan fingerprint density at radius 1 is 1.06 bits per heavy atom. The maximum absolute atomic E-state index is 12.4. The van der Waals surface area contributed by atoms with Crippen LogP contribution in [0.15, 0.2) is 23.1 Å². The van der Waals surface area contributed by atoms with Crippen LogP contribution in [0.1, 0.15) is 19.3 Å². The first kappa shape index (κ1) is 12.0. The molecule has 0 unspecified atom stereocenters. The second-order valence-electron chi connectivity index (χ2n) is 4.38. The van der Waals surface area contributed by atoms with E-state index in [9.17, 15) is 8.42 Å². The van der Waals surface area contributed by atoms with Gasteiger partial charge in [0, 0.05) is 13.1 Å². The zero-order valence-electron chi connectivity index (χ0n) is 9.74. The average molecular weight is 283 g/mol. The summed E-state index contributed by atoms with van der Waals surface area (Å²) < 4.78 is 34.6. The van der Waals surface area contributed by atoms with Gasteiger partial charge >= 0.3 is 0 Å². The molecule has 1 saturated heterocycles. The third-order valence-electron chi connectivity index (χ3n) is 3.18. The van der Waals surface area contributed by atoms with E-state index >= 15 is 0 Å². The lowest BCUT2D eigenvalue weighted by molar-refractivity contribution is 0.346. The quantitative estimate of drug-likeness (QED) is 0.844. The van der Waals surface area contributed by atoms with Gasteiger partial charge in [0.2, 0.25) is 10.0 Å². The Kier molecular flexibility index (Phi) is 3.04. The second-order valence-corrected chi connectivity index (χ2v) is 6.85. The molecule has 0 radical (unpaired) electrons. The Hall–Kier alpha value is -1.05. The lowest BCUT2D eigenvalue weighted by Crippen LogP contribution is -2.35. The Labute approximate surface area is 110 Å². The van der Waals surface area contributed by atoms with Crippen molar-refractivity contribution in [3.63, 3.8) is 0 Å². The highest BCUT2D eigenvalue weighted by molar-refractivity contribution is 7.89. The third kappa shape index (κ3) is 2.02. The van der Waals surface area contributed by atoms with E-state index in [1.165, 1.54) is 0 Å². The first-order valence-electron chi connectivity index (χ1n) is 5.90. The van der Waals surface area contributed by atoms with Gasteiger partial charge in [-0.2, -0.15) is 13.1 Å². The number of sulfonamides is 1. The number of rotatable bonds is 2. The van der Waals surface area contributed by atoms with E-state index in [2.05, 4.69) is 8.75 Å². The van der Waals surface area contributed by atoms with Crippen LogP contribution < -0.4 is 0 Å². The molecule has 2 heterocycles. The van der Waals surface area contributed by atoms with Crippen LogP contribution in [0.3, 0.4) is 0 Å². The molecule has 0 saturated carbocycles. The van der Waals surface area contributed by atoms with E-state index in [1.54, 1.807) is 22.5 Å². The van der Waals surface area contributed by atoms with E-state index in [-0.39, 0.29) is 0 Å². The van der Waals surface area contributed by atoms with E-state index in [0.717, 1.165) is 36.5 Å². The lowest BCUT2D eigenvalue weighted by Gasteiger charge is -2.25. The van der Waals surface area contributed by atoms with Crippen LogP contribution in [-0.4, -0.2) is 34.6 Å². The summed E-state index contributed by atoms with van der Waals surface area (Å²) in [7, 11) is -3.36. The molecule has 0 atom stereocenters. The molecular weight excluding hydrogens is 270 g/mol. The molecule has 2 aromatic rings. The molecule has 0 spiro atoms. The zero-order chi connectivity index (χ0) is 12.6.